The third kappa shape index (κ3) is 5.30. The van der Waals surface area contributed by atoms with E-state index in [2.05, 4.69) is 0 Å². The van der Waals surface area contributed by atoms with Gasteiger partial charge in [-0.15, -0.1) is 0 Å². The summed E-state index contributed by atoms with van der Waals surface area (Å²) in [5.74, 6) is -1.23. The van der Waals surface area contributed by atoms with Crippen molar-refractivity contribution in [2.45, 2.75) is 19.1 Å². The van der Waals surface area contributed by atoms with E-state index in [1.165, 1.54) is 0 Å². The van der Waals surface area contributed by atoms with Gasteiger partial charge in [0.1, 0.15) is 0 Å². The summed E-state index contributed by atoms with van der Waals surface area (Å²) in [7, 11) is 1.72. The lowest BCUT2D eigenvalue weighted by atomic mass is 10.1. The van der Waals surface area contributed by atoms with Crippen LogP contribution >= 0.6 is 0 Å². The Morgan fingerprint density at radius 1 is 1.25 bits per heavy atom. The highest BCUT2D eigenvalue weighted by molar-refractivity contribution is 5.89. The fourth-order valence-corrected chi connectivity index (χ4v) is 3.83. The summed E-state index contributed by atoms with van der Waals surface area (Å²) in [5.41, 5.74) is 1.05. The van der Waals surface area contributed by atoms with Gasteiger partial charge in [-0.1, -0.05) is 30.3 Å². The number of hydrogen-bond donors (Lipinski definition) is 1. The van der Waals surface area contributed by atoms with Crippen LogP contribution in [-0.2, 0) is 25.7 Å². The van der Waals surface area contributed by atoms with Gasteiger partial charge in [-0.25, -0.2) is 0 Å². The molecule has 0 aromatic heterocycles. The Bertz CT molecular complexity index is 711. The molecule has 2 saturated heterocycles. The Labute approximate surface area is 164 Å². The number of carbonyl (C=O) groups is 3. The molecule has 28 heavy (non-hydrogen) atoms. The van der Waals surface area contributed by atoms with E-state index in [1.54, 1.807) is 21.7 Å². The van der Waals surface area contributed by atoms with Gasteiger partial charge in [-0.05, 0) is 12.6 Å². The minimum Gasteiger partial charge on any atom is -0.480 e. The highest BCUT2D eigenvalue weighted by atomic mass is 16.5. The van der Waals surface area contributed by atoms with Crippen LogP contribution in [0.5, 0.6) is 0 Å². The SMILES string of the molecule is CN(CC(=O)O)C[C@@H]1CN(C(=O)[C@H]2CC(=O)N(Cc3ccccc3)C2)CCO1. The summed E-state index contributed by atoms with van der Waals surface area (Å²) < 4.78 is 5.69. The summed E-state index contributed by atoms with van der Waals surface area (Å²) >= 11 is 0. The number of rotatable bonds is 7. The molecule has 1 N–H and O–H groups in total. The van der Waals surface area contributed by atoms with Gasteiger partial charge >= 0.3 is 5.97 Å². The number of morpholine rings is 1. The Morgan fingerprint density at radius 3 is 2.71 bits per heavy atom. The van der Waals surface area contributed by atoms with Crippen molar-refractivity contribution in [3.05, 3.63) is 35.9 Å². The molecule has 0 radical (unpaired) electrons. The van der Waals surface area contributed by atoms with Gasteiger partial charge in [0.15, 0.2) is 0 Å². The monoisotopic (exact) mass is 389 g/mol. The molecule has 152 valence electrons. The highest BCUT2D eigenvalue weighted by Crippen LogP contribution is 2.23. The first kappa shape index (κ1) is 20.3. The Balaban J connectivity index is 1.53. The van der Waals surface area contributed by atoms with Crippen LogP contribution in [0.3, 0.4) is 0 Å². The number of likely N-dealkylation sites (tertiary alicyclic amines) is 1. The molecule has 2 amide bonds. The zero-order chi connectivity index (χ0) is 20.1. The van der Waals surface area contributed by atoms with Gasteiger partial charge in [-0.2, -0.15) is 0 Å². The Morgan fingerprint density at radius 2 is 2.00 bits per heavy atom. The van der Waals surface area contributed by atoms with E-state index in [0.29, 0.717) is 39.3 Å². The molecule has 0 spiro atoms. The van der Waals surface area contributed by atoms with E-state index in [-0.39, 0.29) is 36.8 Å². The van der Waals surface area contributed by atoms with Crippen LogP contribution in [0.25, 0.3) is 0 Å². The number of likely N-dealkylation sites (N-methyl/N-ethyl adjacent to an activating group) is 1. The average Bonchev–Trinajstić information content (AvgIpc) is 3.02. The fraction of sp³-hybridized carbons (Fsp3) is 0.550. The molecule has 2 aliphatic rings. The smallest absolute Gasteiger partial charge is 0.317 e. The van der Waals surface area contributed by atoms with Crippen molar-refractivity contribution < 1.29 is 24.2 Å². The van der Waals surface area contributed by atoms with E-state index in [9.17, 15) is 14.4 Å². The molecule has 0 unspecified atom stereocenters. The Hall–Kier alpha value is -2.45. The van der Waals surface area contributed by atoms with Gasteiger partial charge in [0.05, 0.1) is 25.2 Å². The lowest BCUT2D eigenvalue weighted by molar-refractivity contribution is -0.145. The maximum Gasteiger partial charge on any atom is 0.317 e. The van der Waals surface area contributed by atoms with E-state index in [1.807, 2.05) is 30.3 Å². The summed E-state index contributed by atoms with van der Waals surface area (Å²) in [4.78, 5) is 41.3. The lowest BCUT2D eigenvalue weighted by Crippen LogP contribution is -2.51. The second-order valence-corrected chi connectivity index (χ2v) is 7.53. The minimum atomic E-state index is -0.894. The van der Waals surface area contributed by atoms with Crippen molar-refractivity contribution in [1.82, 2.24) is 14.7 Å². The number of carbonyl (C=O) groups excluding carboxylic acids is 2. The molecule has 2 atom stereocenters. The molecule has 2 fully saturated rings. The number of amides is 2. The van der Waals surface area contributed by atoms with Gasteiger partial charge in [-0.3, -0.25) is 19.3 Å². The second-order valence-electron chi connectivity index (χ2n) is 7.53. The first-order chi connectivity index (χ1) is 13.4. The molecular weight excluding hydrogens is 362 g/mol. The molecule has 0 bridgehead atoms. The van der Waals surface area contributed by atoms with Crippen LogP contribution in [0.15, 0.2) is 30.3 Å². The van der Waals surface area contributed by atoms with Crippen molar-refractivity contribution in [1.29, 1.82) is 0 Å². The van der Waals surface area contributed by atoms with E-state index >= 15 is 0 Å². The molecular formula is C20H27N3O5. The van der Waals surface area contributed by atoms with Gasteiger partial charge in [0.25, 0.3) is 0 Å². The zero-order valence-corrected chi connectivity index (χ0v) is 16.1. The number of nitrogens with zero attached hydrogens (tertiary/aromatic N) is 3. The maximum atomic E-state index is 12.9. The minimum absolute atomic E-state index is 0.00760. The standard InChI is InChI=1S/C20H27N3O5/c1-21(14-19(25)26)12-17-13-22(7-8-28-17)20(27)16-9-18(24)23(11-16)10-15-5-3-2-4-6-15/h2-6,16-17H,7-14H2,1H3,(H,25,26)/t16-,17+/m0/s1. The van der Waals surface area contributed by atoms with Crippen molar-refractivity contribution in [3.63, 3.8) is 0 Å². The van der Waals surface area contributed by atoms with E-state index < -0.39 is 5.97 Å². The topological polar surface area (TPSA) is 90.4 Å². The zero-order valence-electron chi connectivity index (χ0n) is 16.1. The van der Waals surface area contributed by atoms with Crippen molar-refractivity contribution in [2.75, 3.05) is 46.4 Å². The number of ether oxygens (including phenoxy) is 1. The number of benzene rings is 1. The van der Waals surface area contributed by atoms with Crippen LogP contribution in [-0.4, -0.2) is 90.1 Å². The maximum absolute atomic E-state index is 12.9. The van der Waals surface area contributed by atoms with Crippen LogP contribution < -0.4 is 0 Å². The molecule has 8 heteroatoms. The lowest BCUT2D eigenvalue weighted by Gasteiger charge is -2.35. The third-order valence-corrected chi connectivity index (χ3v) is 5.15. The highest BCUT2D eigenvalue weighted by Gasteiger charge is 2.38. The predicted octanol–water partition coefficient (Wildman–Crippen LogP) is 0.279. The summed E-state index contributed by atoms with van der Waals surface area (Å²) in [6.45, 7) is 2.68. The first-order valence-corrected chi connectivity index (χ1v) is 9.55. The predicted molar refractivity (Wildman–Crippen MR) is 101 cm³/mol. The van der Waals surface area contributed by atoms with Crippen molar-refractivity contribution in [3.8, 4) is 0 Å². The largest absolute Gasteiger partial charge is 0.480 e. The van der Waals surface area contributed by atoms with Gasteiger partial charge in [0, 0.05) is 39.1 Å². The number of carboxylic acid groups (broad SMARTS) is 1. The van der Waals surface area contributed by atoms with Crippen molar-refractivity contribution >= 4 is 17.8 Å². The molecule has 2 heterocycles. The first-order valence-electron chi connectivity index (χ1n) is 9.55. The van der Waals surface area contributed by atoms with E-state index in [4.69, 9.17) is 9.84 Å². The normalized spacial score (nSPS) is 22.7. The second kappa shape index (κ2) is 9.16. The molecule has 8 nitrogen and oxygen atoms in total. The quantitative estimate of drug-likeness (QED) is 0.720. The molecule has 1 aromatic carbocycles. The summed E-state index contributed by atoms with van der Waals surface area (Å²) in [6.07, 6.45) is 0.0201. The van der Waals surface area contributed by atoms with Crippen LogP contribution in [0, 0.1) is 5.92 Å². The molecule has 1 aromatic rings. The number of carboxylic acids is 1. The molecule has 3 rings (SSSR count). The summed E-state index contributed by atoms with van der Waals surface area (Å²) in [6, 6.07) is 9.76. The van der Waals surface area contributed by atoms with Crippen LogP contribution in [0.2, 0.25) is 0 Å². The molecule has 0 saturated carbocycles. The number of aliphatic carboxylic acids is 1. The van der Waals surface area contributed by atoms with Crippen LogP contribution in [0.1, 0.15) is 12.0 Å². The van der Waals surface area contributed by atoms with E-state index in [0.717, 1.165) is 5.56 Å². The summed E-state index contributed by atoms with van der Waals surface area (Å²) in [5, 5.41) is 8.87. The van der Waals surface area contributed by atoms with Crippen LogP contribution in [0.4, 0.5) is 0 Å². The molecule has 0 aliphatic carbocycles. The average molecular weight is 389 g/mol. The number of hydrogen-bond acceptors (Lipinski definition) is 5. The van der Waals surface area contributed by atoms with Gasteiger partial charge in [0.2, 0.25) is 11.8 Å². The fourth-order valence-electron chi connectivity index (χ4n) is 3.83. The van der Waals surface area contributed by atoms with Gasteiger partial charge < -0.3 is 19.6 Å². The third-order valence-electron chi connectivity index (χ3n) is 5.15. The van der Waals surface area contributed by atoms with Crippen molar-refractivity contribution in [2.24, 2.45) is 5.92 Å². The molecule has 2 aliphatic heterocycles. The Kier molecular flexibility index (Phi) is 6.64.